The molecule has 0 aromatic heterocycles. The molecule has 1 atom stereocenters. The predicted octanol–water partition coefficient (Wildman–Crippen LogP) is 0.627. The van der Waals surface area contributed by atoms with E-state index in [9.17, 15) is 9.59 Å². The SMILES string of the molecule is CC(=O)N1CCN(C(=O)CN2CCCC2CN2CCCCC2)CC1. The molecule has 136 valence electrons. The average molecular weight is 336 g/mol. The molecule has 0 aromatic rings. The van der Waals surface area contributed by atoms with Crippen LogP contribution in [0.3, 0.4) is 0 Å². The van der Waals surface area contributed by atoms with Crippen LogP contribution in [-0.4, -0.2) is 96.4 Å². The lowest BCUT2D eigenvalue weighted by molar-refractivity contribution is -0.139. The first kappa shape index (κ1) is 17.7. The molecule has 0 bridgehead atoms. The first-order valence-electron chi connectivity index (χ1n) is 9.63. The molecule has 0 aliphatic carbocycles. The third-order valence-corrected chi connectivity index (χ3v) is 5.83. The molecular weight excluding hydrogens is 304 g/mol. The van der Waals surface area contributed by atoms with E-state index in [0.29, 0.717) is 38.8 Å². The van der Waals surface area contributed by atoms with Gasteiger partial charge in [-0.05, 0) is 45.3 Å². The topological polar surface area (TPSA) is 47.1 Å². The Labute approximate surface area is 145 Å². The van der Waals surface area contributed by atoms with Gasteiger partial charge in [-0.2, -0.15) is 0 Å². The Morgan fingerprint density at radius 3 is 2.17 bits per heavy atom. The van der Waals surface area contributed by atoms with Gasteiger partial charge in [-0.3, -0.25) is 14.5 Å². The molecule has 0 N–H and O–H groups in total. The molecule has 3 saturated heterocycles. The Kier molecular flexibility index (Phi) is 6.11. The maximum absolute atomic E-state index is 12.6. The summed E-state index contributed by atoms with van der Waals surface area (Å²) in [5.41, 5.74) is 0. The van der Waals surface area contributed by atoms with Gasteiger partial charge in [-0.1, -0.05) is 6.42 Å². The van der Waals surface area contributed by atoms with Crippen molar-refractivity contribution in [2.24, 2.45) is 0 Å². The molecule has 6 nitrogen and oxygen atoms in total. The summed E-state index contributed by atoms with van der Waals surface area (Å²) >= 11 is 0. The van der Waals surface area contributed by atoms with Crippen molar-refractivity contribution < 1.29 is 9.59 Å². The van der Waals surface area contributed by atoms with Crippen LogP contribution in [0.2, 0.25) is 0 Å². The molecule has 1 unspecified atom stereocenters. The minimum atomic E-state index is 0.114. The van der Waals surface area contributed by atoms with E-state index in [1.165, 1.54) is 45.2 Å². The number of hydrogen-bond donors (Lipinski definition) is 0. The van der Waals surface area contributed by atoms with E-state index < -0.39 is 0 Å². The molecule has 3 fully saturated rings. The summed E-state index contributed by atoms with van der Waals surface area (Å²) in [7, 11) is 0. The number of carbonyl (C=O) groups is 2. The number of hydrogen-bond acceptors (Lipinski definition) is 4. The molecule has 2 amide bonds. The molecule has 24 heavy (non-hydrogen) atoms. The zero-order chi connectivity index (χ0) is 16.9. The Balaban J connectivity index is 1.45. The number of amides is 2. The zero-order valence-electron chi connectivity index (χ0n) is 15.1. The highest BCUT2D eigenvalue weighted by Gasteiger charge is 2.30. The van der Waals surface area contributed by atoms with Crippen LogP contribution >= 0.6 is 0 Å². The van der Waals surface area contributed by atoms with Crippen molar-refractivity contribution in [3.05, 3.63) is 0 Å². The van der Waals surface area contributed by atoms with Gasteiger partial charge in [0.2, 0.25) is 11.8 Å². The normalized spacial score (nSPS) is 26.8. The summed E-state index contributed by atoms with van der Waals surface area (Å²) < 4.78 is 0. The van der Waals surface area contributed by atoms with Crippen molar-refractivity contribution >= 4 is 11.8 Å². The third kappa shape index (κ3) is 4.48. The van der Waals surface area contributed by atoms with Crippen LogP contribution in [0.15, 0.2) is 0 Å². The molecule has 0 aromatic carbocycles. The second-order valence-electron chi connectivity index (χ2n) is 7.51. The Morgan fingerprint density at radius 2 is 1.50 bits per heavy atom. The van der Waals surface area contributed by atoms with Gasteiger partial charge in [-0.15, -0.1) is 0 Å². The highest BCUT2D eigenvalue weighted by Crippen LogP contribution is 2.20. The summed E-state index contributed by atoms with van der Waals surface area (Å²) in [4.78, 5) is 32.8. The third-order valence-electron chi connectivity index (χ3n) is 5.83. The fourth-order valence-corrected chi connectivity index (χ4v) is 4.29. The second kappa shape index (κ2) is 8.30. The Bertz CT molecular complexity index is 442. The van der Waals surface area contributed by atoms with Crippen LogP contribution in [-0.2, 0) is 9.59 Å². The van der Waals surface area contributed by atoms with Crippen LogP contribution in [0.25, 0.3) is 0 Å². The number of nitrogens with zero attached hydrogens (tertiary/aromatic N) is 4. The lowest BCUT2D eigenvalue weighted by Crippen LogP contribution is -2.53. The van der Waals surface area contributed by atoms with Crippen molar-refractivity contribution in [3.8, 4) is 0 Å². The number of piperazine rings is 1. The van der Waals surface area contributed by atoms with Crippen molar-refractivity contribution in [1.29, 1.82) is 0 Å². The maximum atomic E-state index is 12.6. The molecule has 6 heteroatoms. The lowest BCUT2D eigenvalue weighted by atomic mass is 10.1. The molecule has 0 radical (unpaired) electrons. The first-order chi connectivity index (χ1) is 11.6. The van der Waals surface area contributed by atoms with Crippen LogP contribution in [0.4, 0.5) is 0 Å². The van der Waals surface area contributed by atoms with Gasteiger partial charge in [0.15, 0.2) is 0 Å². The van der Waals surface area contributed by atoms with Gasteiger partial charge in [-0.25, -0.2) is 0 Å². The van der Waals surface area contributed by atoms with E-state index in [0.717, 1.165) is 13.1 Å². The van der Waals surface area contributed by atoms with Crippen LogP contribution in [0, 0.1) is 0 Å². The molecule has 3 heterocycles. The van der Waals surface area contributed by atoms with Crippen LogP contribution in [0.5, 0.6) is 0 Å². The largest absolute Gasteiger partial charge is 0.339 e. The standard InChI is InChI=1S/C18H32N4O2/c1-16(23)20-10-12-21(13-11-20)18(24)15-22-9-5-6-17(22)14-19-7-3-2-4-8-19/h17H,2-15H2,1H3. The average Bonchev–Trinajstić information content (AvgIpc) is 3.02. The first-order valence-corrected chi connectivity index (χ1v) is 9.63. The molecule has 0 saturated carbocycles. The minimum Gasteiger partial charge on any atom is -0.339 e. The molecule has 3 rings (SSSR count). The highest BCUT2D eigenvalue weighted by atomic mass is 16.2. The number of likely N-dealkylation sites (tertiary alicyclic amines) is 2. The predicted molar refractivity (Wildman–Crippen MR) is 93.7 cm³/mol. The van der Waals surface area contributed by atoms with Gasteiger partial charge >= 0.3 is 0 Å². The monoisotopic (exact) mass is 336 g/mol. The van der Waals surface area contributed by atoms with Gasteiger partial charge in [0.25, 0.3) is 0 Å². The fraction of sp³-hybridized carbons (Fsp3) is 0.889. The summed E-state index contributed by atoms with van der Waals surface area (Å²) in [6, 6.07) is 0.547. The lowest BCUT2D eigenvalue weighted by Gasteiger charge is -2.36. The quantitative estimate of drug-likeness (QED) is 0.755. The maximum Gasteiger partial charge on any atom is 0.236 e. The summed E-state index contributed by atoms with van der Waals surface area (Å²) in [5.74, 6) is 0.354. The molecule has 3 aliphatic heterocycles. The van der Waals surface area contributed by atoms with Crippen LogP contribution in [0.1, 0.15) is 39.0 Å². The summed E-state index contributed by atoms with van der Waals surface area (Å²) in [6.45, 7) is 9.52. The van der Waals surface area contributed by atoms with E-state index in [4.69, 9.17) is 0 Å². The van der Waals surface area contributed by atoms with Gasteiger partial charge in [0, 0.05) is 45.7 Å². The minimum absolute atomic E-state index is 0.114. The van der Waals surface area contributed by atoms with E-state index in [-0.39, 0.29) is 11.8 Å². The number of rotatable bonds is 4. The van der Waals surface area contributed by atoms with E-state index >= 15 is 0 Å². The van der Waals surface area contributed by atoms with Gasteiger partial charge in [0.1, 0.15) is 0 Å². The van der Waals surface area contributed by atoms with Crippen LogP contribution < -0.4 is 0 Å². The van der Waals surface area contributed by atoms with Crippen molar-refractivity contribution in [2.75, 3.05) is 58.9 Å². The second-order valence-corrected chi connectivity index (χ2v) is 7.51. The van der Waals surface area contributed by atoms with Gasteiger partial charge in [0.05, 0.1) is 6.54 Å². The number of piperidine rings is 1. The van der Waals surface area contributed by atoms with Gasteiger partial charge < -0.3 is 14.7 Å². The Hall–Kier alpha value is -1.14. The van der Waals surface area contributed by atoms with Crippen molar-refractivity contribution in [3.63, 3.8) is 0 Å². The van der Waals surface area contributed by atoms with E-state index in [1.807, 2.05) is 9.80 Å². The summed E-state index contributed by atoms with van der Waals surface area (Å²) in [5, 5.41) is 0. The van der Waals surface area contributed by atoms with E-state index in [1.54, 1.807) is 6.92 Å². The fourth-order valence-electron chi connectivity index (χ4n) is 4.29. The molecule has 3 aliphatic rings. The smallest absolute Gasteiger partial charge is 0.236 e. The van der Waals surface area contributed by atoms with Crippen molar-refractivity contribution in [1.82, 2.24) is 19.6 Å². The Morgan fingerprint density at radius 1 is 0.833 bits per heavy atom. The van der Waals surface area contributed by atoms with Crippen molar-refractivity contribution in [2.45, 2.75) is 45.1 Å². The highest BCUT2D eigenvalue weighted by molar-refractivity contribution is 5.79. The summed E-state index contributed by atoms with van der Waals surface area (Å²) in [6.07, 6.45) is 6.46. The van der Waals surface area contributed by atoms with E-state index in [2.05, 4.69) is 9.80 Å². The molecule has 0 spiro atoms. The number of carbonyl (C=O) groups excluding carboxylic acids is 2. The molecular formula is C18H32N4O2. The zero-order valence-corrected chi connectivity index (χ0v) is 15.1.